The molecular weight excluding hydrogens is 274 g/mol. The van der Waals surface area contributed by atoms with E-state index >= 15 is 0 Å². The van der Waals surface area contributed by atoms with Crippen molar-refractivity contribution in [3.63, 3.8) is 0 Å². The normalized spacial score (nSPS) is 11.2. The maximum atomic E-state index is 12.6. The summed E-state index contributed by atoms with van der Waals surface area (Å²) in [6.45, 7) is 9.65. The molecule has 22 heavy (non-hydrogen) atoms. The van der Waals surface area contributed by atoms with Gasteiger partial charge in [0.25, 0.3) is 5.56 Å². The van der Waals surface area contributed by atoms with Crippen LogP contribution in [0.15, 0.2) is 41.2 Å². The number of aromatic nitrogens is 1. The Bertz CT molecular complexity index is 737. The molecule has 3 heteroatoms. The summed E-state index contributed by atoms with van der Waals surface area (Å²) < 4.78 is 1.70. The van der Waals surface area contributed by atoms with Crippen LogP contribution in [0.5, 0.6) is 0 Å². The van der Waals surface area contributed by atoms with E-state index < -0.39 is 0 Å². The number of hydrogen-bond donors (Lipinski definition) is 0. The van der Waals surface area contributed by atoms with Crippen LogP contribution in [-0.4, -0.2) is 10.4 Å². The Kier molecular flexibility index (Phi) is 4.65. The molecule has 116 valence electrons. The van der Waals surface area contributed by atoms with Crippen molar-refractivity contribution in [1.82, 2.24) is 4.57 Å². The molecule has 2 aromatic rings. The lowest BCUT2D eigenvalue weighted by Gasteiger charge is -2.18. The first-order valence-corrected chi connectivity index (χ1v) is 7.69. The molecule has 0 radical (unpaired) electrons. The molecule has 3 nitrogen and oxygen atoms in total. The quantitative estimate of drug-likeness (QED) is 0.783. The Labute approximate surface area is 131 Å². The third kappa shape index (κ3) is 3.03. The van der Waals surface area contributed by atoms with E-state index in [2.05, 4.69) is 26.0 Å². The molecule has 1 aromatic carbocycles. The highest BCUT2D eigenvalue weighted by Gasteiger charge is 2.15. The molecular formula is C19H23NO2. The van der Waals surface area contributed by atoms with Crippen molar-refractivity contribution >= 4 is 5.78 Å². The highest BCUT2D eigenvalue weighted by molar-refractivity contribution is 5.94. The molecule has 0 saturated heterocycles. The fraction of sp³-hybridized carbons (Fsp3) is 0.368. The van der Waals surface area contributed by atoms with Gasteiger partial charge in [-0.2, -0.15) is 0 Å². The topological polar surface area (TPSA) is 39.1 Å². The van der Waals surface area contributed by atoms with Crippen molar-refractivity contribution in [2.75, 3.05) is 0 Å². The van der Waals surface area contributed by atoms with Crippen LogP contribution >= 0.6 is 0 Å². The van der Waals surface area contributed by atoms with Crippen LogP contribution in [-0.2, 0) is 0 Å². The van der Waals surface area contributed by atoms with E-state index in [1.54, 1.807) is 10.6 Å². The third-order valence-electron chi connectivity index (χ3n) is 3.89. The number of benzene rings is 1. The number of pyridine rings is 1. The van der Waals surface area contributed by atoms with Crippen LogP contribution in [0, 0.1) is 0 Å². The van der Waals surface area contributed by atoms with Crippen molar-refractivity contribution < 1.29 is 4.79 Å². The number of rotatable bonds is 4. The molecule has 1 heterocycles. The zero-order chi connectivity index (χ0) is 16.4. The van der Waals surface area contributed by atoms with E-state index in [0.717, 1.165) is 11.3 Å². The van der Waals surface area contributed by atoms with Crippen molar-refractivity contribution in [1.29, 1.82) is 0 Å². The number of carbonyl (C=O) groups excluding carboxylic acids is 1. The van der Waals surface area contributed by atoms with Gasteiger partial charge in [0.05, 0.1) is 11.3 Å². The molecule has 2 rings (SSSR count). The van der Waals surface area contributed by atoms with E-state index in [-0.39, 0.29) is 22.9 Å². The smallest absolute Gasteiger partial charge is 0.262 e. The van der Waals surface area contributed by atoms with E-state index in [1.165, 1.54) is 12.5 Å². The fourth-order valence-electron chi connectivity index (χ4n) is 2.61. The minimum atomic E-state index is -0.215. The fourth-order valence-corrected chi connectivity index (χ4v) is 2.61. The summed E-state index contributed by atoms with van der Waals surface area (Å²) in [7, 11) is 0. The predicted octanol–water partition coefficient (Wildman–Crippen LogP) is 4.42. The minimum Gasteiger partial charge on any atom is -0.305 e. The largest absolute Gasteiger partial charge is 0.305 e. The van der Waals surface area contributed by atoms with E-state index in [4.69, 9.17) is 0 Å². The Morgan fingerprint density at radius 2 is 1.55 bits per heavy atom. The number of ketones is 1. The van der Waals surface area contributed by atoms with Crippen molar-refractivity contribution in [3.05, 3.63) is 57.9 Å². The molecule has 0 amide bonds. The Morgan fingerprint density at radius 1 is 0.955 bits per heavy atom. The van der Waals surface area contributed by atoms with E-state index in [1.807, 2.05) is 32.0 Å². The minimum absolute atomic E-state index is 0.00780. The second kappa shape index (κ2) is 6.30. The number of hydrogen-bond acceptors (Lipinski definition) is 2. The van der Waals surface area contributed by atoms with Gasteiger partial charge in [-0.3, -0.25) is 9.59 Å². The van der Waals surface area contributed by atoms with Gasteiger partial charge in [-0.25, -0.2) is 0 Å². The van der Waals surface area contributed by atoms with Gasteiger partial charge in [0.2, 0.25) is 0 Å². The van der Waals surface area contributed by atoms with Gasteiger partial charge < -0.3 is 4.57 Å². The van der Waals surface area contributed by atoms with Crippen LogP contribution in [0.25, 0.3) is 11.3 Å². The lowest BCUT2D eigenvalue weighted by molar-refractivity contribution is 0.101. The van der Waals surface area contributed by atoms with Crippen LogP contribution in [0.3, 0.4) is 0 Å². The molecule has 0 unspecified atom stereocenters. The van der Waals surface area contributed by atoms with Gasteiger partial charge in [-0.05, 0) is 49.9 Å². The summed E-state index contributed by atoms with van der Waals surface area (Å²) in [5.74, 6) is 0.280. The maximum absolute atomic E-state index is 12.6. The predicted molar refractivity (Wildman–Crippen MR) is 90.6 cm³/mol. The first-order valence-electron chi connectivity index (χ1n) is 7.69. The molecule has 0 saturated carbocycles. The summed E-state index contributed by atoms with van der Waals surface area (Å²) in [4.78, 5) is 24.2. The Morgan fingerprint density at radius 3 is 2.00 bits per heavy atom. The van der Waals surface area contributed by atoms with Gasteiger partial charge in [0.15, 0.2) is 5.78 Å². The van der Waals surface area contributed by atoms with Gasteiger partial charge in [-0.1, -0.05) is 38.1 Å². The zero-order valence-electron chi connectivity index (χ0n) is 13.9. The number of nitrogens with zero attached hydrogens (tertiary/aromatic N) is 1. The molecule has 0 aliphatic rings. The monoisotopic (exact) mass is 297 g/mol. The van der Waals surface area contributed by atoms with E-state index in [9.17, 15) is 9.59 Å². The third-order valence-corrected chi connectivity index (χ3v) is 3.89. The first kappa shape index (κ1) is 16.2. The Hall–Kier alpha value is -2.16. The molecule has 0 atom stereocenters. The second-order valence-corrected chi connectivity index (χ2v) is 6.23. The van der Waals surface area contributed by atoms with Gasteiger partial charge in [0, 0.05) is 6.04 Å². The summed E-state index contributed by atoms with van der Waals surface area (Å²) in [5, 5.41) is 0. The SMILES string of the molecule is CC(=O)c1ccc(-c2ccc(C(C)C)cc2)n(C(C)C)c1=O. The first-order chi connectivity index (χ1) is 10.3. The highest BCUT2D eigenvalue weighted by atomic mass is 16.1. The summed E-state index contributed by atoms with van der Waals surface area (Å²) in [6.07, 6.45) is 0. The second-order valence-electron chi connectivity index (χ2n) is 6.23. The average molecular weight is 297 g/mol. The molecule has 0 aliphatic heterocycles. The summed E-state index contributed by atoms with van der Waals surface area (Å²) >= 11 is 0. The van der Waals surface area contributed by atoms with Crippen molar-refractivity contribution in [3.8, 4) is 11.3 Å². The van der Waals surface area contributed by atoms with Gasteiger partial charge in [0.1, 0.15) is 0 Å². The van der Waals surface area contributed by atoms with Crippen molar-refractivity contribution in [2.24, 2.45) is 0 Å². The summed E-state index contributed by atoms with van der Waals surface area (Å²) in [6, 6.07) is 11.7. The molecule has 1 aromatic heterocycles. The molecule has 0 bridgehead atoms. The lowest BCUT2D eigenvalue weighted by atomic mass is 10.00. The Balaban J connectivity index is 2.62. The van der Waals surface area contributed by atoms with Crippen LogP contribution in [0.1, 0.15) is 62.5 Å². The van der Waals surface area contributed by atoms with E-state index in [0.29, 0.717) is 5.92 Å². The highest BCUT2D eigenvalue weighted by Crippen LogP contribution is 2.24. The van der Waals surface area contributed by atoms with Crippen LogP contribution in [0.2, 0.25) is 0 Å². The molecule has 0 spiro atoms. The van der Waals surface area contributed by atoms with Crippen molar-refractivity contribution in [2.45, 2.75) is 46.6 Å². The molecule has 0 N–H and O–H groups in total. The molecule has 0 aliphatic carbocycles. The van der Waals surface area contributed by atoms with Gasteiger partial charge >= 0.3 is 0 Å². The van der Waals surface area contributed by atoms with Crippen LogP contribution in [0.4, 0.5) is 0 Å². The van der Waals surface area contributed by atoms with Gasteiger partial charge in [-0.15, -0.1) is 0 Å². The maximum Gasteiger partial charge on any atom is 0.262 e. The zero-order valence-corrected chi connectivity index (χ0v) is 13.9. The summed E-state index contributed by atoms with van der Waals surface area (Å²) in [5.41, 5.74) is 3.14. The lowest BCUT2D eigenvalue weighted by Crippen LogP contribution is -2.28. The number of Topliss-reactive ketones (excluding diaryl/α,β-unsaturated/α-hetero) is 1. The average Bonchev–Trinajstić information content (AvgIpc) is 2.46. The molecule has 0 fully saturated rings. The standard InChI is InChI=1S/C19H23NO2/c1-12(2)15-6-8-16(9-7-15)18-11-10-17(14(5)21)19(22)20(18)13(3)4/h6-13H,1-5H3. The van der Waals surface area contributed by atoms with Crippen LogP contribution < -0.4 is 5.56 Å². The number of carbonyl (C=O) groups is 1.